The quantitative estimate of drug-likeness (QED) is 0.136. The maximum atomic E-state index is 13.6. The number of amides is 2. The molecule has 4 rings (SSSR count). The fraction of sp³-hybridized carbons (Fsp3) is 0.333. The van der Waals surface area contributed by atoms with Crippen LogP contribution >= 0.6 is 0 Å². The molecule has 2 aromatic heterocycles. The molecule has 0 spiro atoms. The van der Waals surface area contributed by atoms with Crippen molar-refractivity contribution in [3.63, 3.8) is 0 Å². The highest BCUT2D eigenvalue weighted by Gasteiger charge is 2.32. The number of fused-ring (bicyclic) bond motifs is 1. The molecular formula is C27H32F3N9O3. The highest BCUT2D eigenvalue weighted by Crippen LogP contribution is 2.33. The third-order valence-corrected chi connectivity index (χ3v) is 6.34. The molecule has 2 amide bonds. The first-order valence-electron chi connectivity index (χ1n) is 13.2. The lowest BCUT2D eigenvalue weighted by Crippen LogP contribution is -2.36. The predicted molar refractivity (Wildman–Crippen MR) is 152 cm³/mol. The monoisotopic (exact) mass is 587 g/mol. The van der Waals surface area contributed by atoms with E-state index in [1.54, 1.807) is 28.8 Å². The summed E-state index contributed by atoms with van der Waals surface area (Å²) in [6, 6.07) is 8.72. The van der Waals surface area contributed by atoms with Crippen molar-refractivity contribution in [3.05, 3.63) is 66.2 Å². The number of rotatable bonds is 12. The minimum absolute atomic E-state index is 0.0236. The van der Waals surface area contributed by atoms with Crippen molar-refractivity contribution in [2.45, 2.75) is 25.7 Å². The van der Waals surface area contributed by atoms with Crippen molar-refractivity contribution >= 4 is 34.4 Å². The molecule has 4 aromatic rings. The Kier molecular flexibility index (Phi) is 9.90. The zero-order valence-corrected chi connectivity index (χ0v) is 22.8. The van der Waals surface area contributed by atoms with Crippen LogP contribution in [-0.2, 0) is 6.18 Å². The standard InChI is InChI=1S/C27H32F3N9O3/c1-2-8-38(10-11-40)9-7-32-25(41)17-12-18(27(28,29)30)14-20(13-17)37-26(42)36-19-3-5-21(6-4-19)39-16-35-22-23(31)33-15-34-24(22)39/h3-6,12-16,25,32,40-41H,2,7-11H2,1H3,(H2,31,33,34)(H2,36,37,42). The zero-order chi connectivity index (χ0) is 30.3. The van der Waals surface area contributed by atoms with Crippen molar-refractivity contribution < 1.29 is 28.2 Å². The maximum absolute atomic E-state index is 13.6. The summed E-state index contributed by atoms with van der Waals surface area (Å²) < 4.78 is 42.5. The lowest BCUT2D eigenvalue weighted by Gasteiger charge is -2.22. The number of anilines is 3. The van der Waals surface area contributed by atoms with Crippen LogP contribution in [0, 0.1) is 0 Å². The van der Waals surface area contributed by atoms with Crippen molar-refractivity contribution in [2.75, 3.05) is 49.2 Å². The van der Waals surface area contributed by atoms with Gasteiger partial charge in [0.2, 0.25) is 0 Å². The lowest BCUT2D eigenvalue weighted by atomic mass is 10.1. The Bertz CT molecular complexity index is 1490. The molecule has 0 saturated heterocycles. The van der Waals surface area contributed by atoms with Crippen LogP contribution in [0.25, 0.3) is 16.9 Å². The van der Waals surface area contributed by atoms with Gasteiger partial charge in [0.15, 0.2) is 17.0 Å². The van der Waals surface area contributed by atoms with Gasteiger partial charge in [-0.3, -0.25) is 14.8 Å². The fourth-order valence-corrected chi connectivity index (χ4v) is 4.36. The number of aliphatic hydroxyl groups excluding tert-OH is 2. The van der Waals surface area contributed by atoms with Gasteiger partial charge in [-0.2, -0.15) is 13.2 Å². The van der Waals surface area contributed by atoms with Crippen molar-refractivity contribution in [1.82, 2.24) is 29.7 Å². The van der Waals surface area contributed by atoms with Crippen LogP contribution in [0.4, 0.5) is 35.2 Å². The van der Waals surface area contributed by atoms with Gasteiger partial charge in [-0.1, -0.05) is 6.92 Å². The van der Waals surface area contributed by atoms with Crippen LogP contribution in [0.3, 0.4) is 0 Å². The van der Waals surface area contributed by atoms with Crippen LogP contribution < -0.4 is 21.7 Å². The molecule has 15 heteroatoms. The number of aliphatic hydroxyl groups is 2. The number of carbonyl (C=O) groups is 1. The van der Waals surface area contributed by atoms with Gasteiger partial charge in [0.25, 0.3) is 0 Å². The Labute approximate surface area is 239 Å². The first-order valence-corrected chi connectivity index (χ1v) is 13.2. The summed E-state index contributed by atoms with van der Waals surface area (Å²) >= 11 is 0. The van der Waals surface area contributed by atoms with Crippen LogP contribution in [0.5, 0.6) is 0 Å². The van der Waals surface area contributed by atoms with E-state index >= 15 is 0 Å². The Hall–Kier alpha value is -4.31. The molecule has 7 N–H and O–H groups in total. The number of alkyl halides is 3. The second-order valence-electron chi connectivity index (χ2n) is 9.44. The minimum Gasteiger partial charge on any atom is -0.395 e. The maximum Gasteiger partial charge on any atom is 0.416 e. The van der Waals surface area contributed by atoms with Gasteiger partial charge in [-0.05, 0) is 61.0 Å². The average Bonchev–Trinajstić information content (AvgIpc) is 3.38. The number of hydrogen-bond acceptors (Lipinski definition) is 9. The van der Waals surface area contributed by atoms with Gasteiger partial charge < -0.3 is 26.6 Å². The lowest BCUT2D eigenvalue weighted by molar-refractivity contribution is -0.137. The number of hydrogen-bond donors (Lipinski definition) is 6. The second-order valence-corrected chi connectivity index (χ2v) is 9.44. The topological polar surface area (TPSA) is 166 Å². The molecule has 0 bridgehead atoms. The molecule has 224 valence electrons. The second kappa shape index (κ2) is 13.6. The Morgan fingerprint density at radius 2 is 1.79 bits per heavy atom. The highest BCUT2D eigenvalue weighted by molar-refractivity contribution is 6.00. The van der Waals surface area contributed by atoms with Crippen molar-refractivity contribution in [2.24, 2.45) is 0 Å². The number of benzene rings is 2. The molecule has 42 heavy (non-hydrogen) atoms. The van der Waals surface area contributed by atoms with Crippen LogP contribution in [0.1, 0.15) is 30.7 Å². The Morgan fingerprint density at radius 1 is 1.05 bits per heavy atom. The van der Waals surface area contributed by atoms with Gasteiger partial charge in [0, 0.05) is 36.7 Å². The molecule has 0 aliphatic carbocycles. The number of carbonyl (C=O) groups excluding carboxylic acids is 1. The van der Waals surface area contributed by atoms with Crippen molar-refractivity contribution in [1.29, 1.82) is 0 Å². The third-order valence-electron chi connectivity index (χ3n) is 6.34. The fourth-order valence-electron chi connectivity index (χ4n) is 4.36. The molecule has 1 unspecified atom stereocenters. The molecule has 0 aliphatic heterocycles. The van der Waals surface area contributed by atoms with E-state index in [2.05, 4.69) is 30.9 Å². The molecule has 0 radical (unpaired) electrons. The largest absolute Gasteiger partial charge is 0.416 e. The molecule has 0 aliphatic rings. The normalized spacial score (nSPS) is 12.5. The summed E-state index contributed by atoms with van der Waals surface area (Å²) in [5.41, 5.74) is 6.60. The highest BCUT2D eigenvalue weighted by atomic mass is 19.4. The van der Waals surface area contributed by atoms with E-state index in [0.717, 1.165) is 25.1 Å². The molecule has 2 heterocycles. The molecule has 1 atom stereocenters. The number of urea groups is 1. The summed E-state index contributed by atoms with van der Waals surface area (Å²) in [5.74, 6) is 0.242. The van der Waals surface area contributed by atoms with E-state index < -0.39 is 24.0 Å². The molecule has 0 saturated carbocycles. The first-order chi connectivity index (χ1) is 20.1. The van der Waals surface area contributed by atoms with E-state index in [0.29, 0.717) is 35.6 Å². The van der Waals surface area contributed by atoms with E-state index in [4.69, 9.17) is 5.73 Å². The SMILES string of the molecule is CCCN(CCO)CCNC(O)c1cc(NC(=O)Nc2ccc(-n3cnc4c(N)ncnc43)cc2)cc(C(F)(F)F)c1. The number of imidazole rings is 1. The van der Waals surface area contributed by atoms with Gasteiger partial charge in [0.1, 0.15) is 18.9 Å². The summed E-state index contributed by atoms with van der Waals surface area (Å²) in [5, 5.41) is 27.5. The van der Waals surface area contributed by atoms with Crippen LogP contribution in [0.2, 0.25) is 0 Å². The van der Waals surface area contributed by atoms with E-state index in [1.165, 1.54) is 18.7 Å². The van der Waals surface area contributed by atoms with E-state index in [9.17, 15) is 28.2 Å². The number of nitrogens with one attached hydrogen (secondary N) is 3. The average molecular weight is 588 g/mol. The van der Waals surface area contributed by atoms with Gasteiger partial charge in [-0.25, -0.2) is 19.7 Å². The summed E-state index contributed by atoms with van der Waals surface area (Å²) in [6.07, 6.45) is -2.39. The van der Waals surface area contributed by atoms with Gasteiger partial charge in [-0.15, -0.1) is 0 Å². The van der Waals surface area contributed by atoms with E-state index in [1.807, 2.05) is 11.8 Å². The van der Waals surface area contributed by atoms with Crippen LogP contribution in [0.15, 0.2) is 55.1 Å². The van der Waals surface area contributed by atoms with Gasteiger partial charge >= 0.3 is 12.2 Å². The number of halogens is 3. The number of nitrogen functional groups attached to an aromatic ring is 1. The summed E-state index contributed by atoms with van der Waals surface area (Å²) in [6.45, 7) is 3.90. The zero-order valence-electron chi connectivity index (χ0n) is 22.8. The summed E-state index contributed by atoms with van der Waals surface area (Å²) in [7, 11) is 0. The summed E-state index contributed by atoms with van der Waals surface area (Å²) in [4.78, 5) is 27.0. The van der Waals surface area contributed by atoms with Gasteiger partial charge in [0.05, 0.1) is 12.2 Å². The number of nitrogens with two attached hydrogens (primary N) is 1. The van der Waals surface area contributed by atoms with Crippen LogP contribution in [-0.4, -0.2) is 73.4 Å². The molecule has 2 aromatic carbocycles. The Morgan fingerprint density at radius 3 is 2.48 bits per heavy atom. The molecule has 12 nitrogen and oxygen atoms in total. The van der Waals surface area contributed by atoms with Crippen molar-refractivity contribution in [3.8, 4) is 5.69 Å². The number of nitrogens with zero attached hydrogens (tertiary/aromatic N) is 5. The molecular weight excluding hydrogens is 555 g/mol. The smallest absolute Gasteiger partial charge is 0.395 e. The minimum atomic E-state index is -4.70. The molecule has 0 fully saturated rings. The first kappa shape index (κ1) is 30.6. The Balaban J connectivity index is 1.43. The van der Waals surface area contributed by atoms with E-state index in [-0.39, 0.29) is 30.2 Å². The number of aromatic nitrogens is 4. The third kappa shape index (κ3) is 7.70. The predicted octanol–water partition coefficient (Wildman–Crippen LogP) is 3.35.